The zero-order chi connectivity index (χ0) is 11.0. The van der Waals surface area contributed by atoms with Gasteiger partial charge in [0, 0.05) is 22.9 Å². The fourth-order valence-electron chi connectivity index (χ4n) is 1.95. The molecule has 1 atom stereocenters. The first-order valence-electron chi connectivity index (χ1n) is 5.23. The highest BCUT2D eigenvalue weighted by Gasteiger charge is 2.23. The van der Waals surface area contributed by atoms with Gasteiger partial charge in [0.1, 0.15) is 5.76 Å². The third kappa shape index (κ3) is 1.65. The lowest BCUT2D eigenvalue weighted by Gasteiger charge is -2.04. The van der Waals surface area contributed by atoms with E-state index in [9.17, 15) is 4.79 Å². The second-order valence-corrected chi connectivity index (χ2v) is 4.70. The molecule has 0 spiro atoms. The van der Waals surface area contributed by atoms with E-state index in [4.69, 9.17) is 4.42 Å². The summed E-state index contributed by atoms with van der Waals surface area (Å²) in [6, 6.07) is 4.17. The second-order valence-electron chi connectivity index (χ2n) is 3.92. The van der Waals surface area contributed by atoms with E-state index in [1.165, 1.54) is 0 Å². The smallest absolute Gasteiger partial charge is 0.220 e. The maximum Gasteiger partial charge on any atom is 0.220 e. The Hall–Kier alpha value is -1.55. The average molecular weight is 233 g/mol. The van der Waals surface area contributed by atoms with E-state index in [0.717, 1.165) is 23.3 Å². The van der Waals surface area contributed by atoms with Gasteiger partial charge in [0.25, 0.3) is 0 Å². The highest BCUT2D eigenvalue weighted by molar-refractivity contribution is 7.08. The summed E-state index contributed by atoms with van der Waals surface area (Å²) < 4.78 is 5.51. The molecule has 1 fully saturated rings. The predicted octanol–water partition coefficient (Wildman–Crippen LogP) is 2.96. The van der Waals surface area contributed by atoms with Crippen LogP contribution in [0.3, 0.4) is 0 Å². The van der Waals surface area contributed by atoms with Crippen molar-refractivity contribution in [3.05, 3.63) is 34.7 Å². The number of carbonyl (C=O) groups excluding carboxylic acids is 1. The predicted molar refractivity (Wildman–Crippen MR) is 62.1 cm³/mol. The zero-order valence-electron chi connectivity index (χ0n) is 8.60. The number of hydrogen-bond donors (Lipinski definition) is 1. The van der Waals surface area contributed by atoms with Crippen molar-refractivity contribution in [2.75, 3.05) is 0 Å². The van der Waals surface area contributed by atoms with E-state index in [1.807, 2.05) is 17.5 Å². The minimum atomic E-state index is 0.128. The lowest BCUT2D eigenvalue weighted by atomic mass is 10.1. The summed E-state index contributed by atoms with van der Waals surface area (Å²) in [6.45, 7) is 0. The molecule has 3 heterocycles. The first-order chi connectivity index (χ1) is 7.83. The van der Waals surface area contributed by atoms with Gasteiger partial charge in [-0.3, -0.25) is 4.79 Å². The molecule has 3 nitrogen and oxygen atoms in total. The summed E-state index contributed by atoms with van der Waals surface area (Å²) in [5.41, 5.74) is 2.16. The maximum absolute atomic E-state index is 11.1. The van der Waals surface area contributed by atoms with Crippen LogP contribution in [0.4, 0.5) is 0 Å². The molecule has 4 heteroatoms. The van der Waals surface area contributed by atoms with Crippen LogP contribution in [0.5, 0.6) is 0 Å². The highest BCUT2D eigenvalue weighted by Crippen LogP contribution is 2.30. The van der Waals surface area contributed by atoms with Crippen molar-refractivity contribution in [1.82, 2.24) is 5.32 Å². The van der Waals surface area contributed by atoms with Crippen molar-refractivity contribution in [3.63, 3.8) is 0 Å². The van der Waals surface area contributed by atoms with Gasteiger partial charge in [-0.2, -0.15) is 11.3 Å². The normalized spacial score (nSPS) is 20.0. The van der Waals surface area contributed by atoms with Crippen LogP contribution in [0.25, 0.3) is 11.3 Å². The van der Waals surface area contributed by atoms with Crippen LogP contribution >= 0.6 is 11.3 Å². The van der Waals surface area contributed by atoms with Crippen LogP contribution in [0.1, 0.15) is 24.4 Å². The van der Waals surface area contributed by atoms with Gasteiger partial charge in [-0.1, -0.05) is 0 Å². The molecule has 1 amide bonds. The molecule has 16 heavy (non-hydrogen) atoms. The molecule has 2 aromatic heterocycles. The Labute approximate surface area is 97.1 Å². The number of thiophene rings is 1. The molecule has 1 unspecified atom stereocenters. The van der Waals surface area contributed by atoms with Crippen LogP contribution in [0.2, 0.25) is 0 Å². The average Bonchev–Trinajstić information content (AvgIpc) is 2.97. The molecule has 1 saturated heterocycles. The number of amides is 1. The number of carbonyl (C=O) groups is 1. The number of nitrogens with one attached hydrogen (secondary N) is 1. The highest BCUT2D eigenvalue weighted by atomic mass is 32.1. The second kappa shape index (κ2) is 3.79. The van der Waals surface area contributed by atoms with Crippen LogP contribution in [0.15, 0.2) is 33.6 Å². The summed E-state index contributed by atoms with van der Waals surface area (Å²) in [4.78, 5) is 11.1. The Morgan fingerprint density at radius 2 is 2.44 bits per heavy atom. The molecule has 1 aliphatic heterocycles. The summed E-state index contributed by atoms with van der Waals surface area (Å²) in [5.74, 6) is 1.00. The van der Waals surface area contributed by atoms with Gasteiger partial charge in [-0.05, 0) is 23.9 Å². The van der Waals surface area contributed by atoms with Crippen LogP contribution in [-0.4, -0.2) is 5.91 Å². The molecule has 82 valence electrons. The van der Waals surface area contributed by atoms with Gasteiger partial charge in [0.05, 0.1) is 12.3 Å². The molecule has 0 aliphatic carbocycles. The fourth-order valence-corrected chi connectivity index (χ4v) is 2.60. The van der Waals surface area contributed by atoms with Crippen molar-refractivity contribution in [3.8, 4) is 11.3 Å². The van der Waals surface area contributed by atoms with Crippen molar-refractivity contribution in [2.45, 2.75) is 18.9 Å². The lowest BCUT2D eigenvalue weighted by molar-refractivity contribution is -0.119. The SMILES string of the molecule is O=C1CCC(c2coc(-c3ccsc3)c2)N1. The summed E-state index contributed by atoms with van der Waals surface area (Å²) in [7, 11) is 0. The van der Waals surface area contributed by atoms with E-state index in [2.05, 4.69) is 10.7 Å². The molecule has 0 bridgehead atoms. The summed E-state index contributed by atoms with van der Waals surface area (Å²) in [6.07, 6.45) is 3.22. The van der Waals surface area contributed by atoms with Crippen LogP contribution < -0.4 is 5.32 Å². The van der Waals surface area contributed by atoms with Crippen molar-refractivity contribution in [2.24, 2.45) is 0 Å². The Bertz CT molecular complexity index is 501. The van der Waals surface area contributed by atoms with Gasteiger partial charge < -0.3 is 9.73 Å². The number of furan rings is 1. The van der Waals surface area contributed by atoms with Gasteiger partial charge >= 0.3 is 0 Å². The standard InChI is InChI=1S/C12H11NO2S/c14-12-2-1-10(13-12)9-5-11(15-6-9)8-3-4-16-7-8/h3-7,10H,1-2H2,(H,13,14). The first-order valence-corrected chi connectivity index (χ1v) is 6.17. The molecule has 0 aromatic carbocycles. The first kappa shape index (κ1) is 9.66. The Kier molecular flexibility index (Phi) is 2.29. The van der Waals surface area contributed by atoms with Crippen LogP contribution in [0, 0.1) is 0 Å². The molecule has 1 aliphatic rings. The van der Waals surface area contributed by atoms with E-state index in [0.29, 0.717) is 6.42 Å². The van der Waals surface area contributed by atoms with Crippen molar-refractivity contribution < 1.29 is 9.21 Å². The monoisotopic (exact) mass is 233 g/mol. The quantitative estimate of drug-likeness (QED) is 0.866. The van der Waals surface area contributed by atoms with Gasteiger partial charge in [-0.25, -0.2) is 0 Å². The van der Waals surface area contributed by atoms with Crippen molar-refractivity contribution in [1.29, 1.82) is 0 Å². The van der Waals surface area contributed by atoms with Gasteiger partial charge in [0.2, 0.25) is 5.91 Å². The lowest BCUT2D eigenvalue weighted by Crippen LogP contribution is -2.17. The third-order valence-electron chi connectivity index (χ3n) is 2.82. The largest absolute Gasteiger partial charge is 0.464 e. The maximum atomic E-state index is 11.1. The van der Waals surface area contributed by atoms with E-state index in [1.54, 1.807) is 17.6 Å². The van der Waals surface area contributed by atoms with Gasteiger partial charge in [-0.15, -0.1) is 0 Å². The fraction of sp³-hybridized carbons (Fsp3) is 0.250. The summed E-state index contributed by atoms with van der Waals surface area (Å²) in [5, 5.41) is 7.01. The molecule has 0 saturated carbocycles. The topological polar surface area (TPSA) is 42.2 Å². The number of hydrogen-bond acceptors (Lipinski definition) is 3. The Morgan fingerprint density at radius 1 is 1.50 bits per heavy atom. The minimum absolute atomic E-state index is 0.128. The van der Waals surface area contributed by atoms with E-state index < -0.39 is 0 Å². The zero-order valence-corrected chi connectivity index (χ0v) is 9.42. The molecule has 3 rings (SSSR count). The number of rotatable bonds is 2. The molecular weight excluding hydrogens is 222 g/mol. The van der Waals surface area contributed by atoms with E-state index in [-0.39, 0.29) is 11.9 Å². The Morgan fingerprint density at radius 3 is 3.12 bits per heavy atom. The Balaban J connectivity index is 1.85. The summed E-state index contributed by atoms with van der Waals surface area (Å²) >= 11 is 1.65. The molecule has 0 radical (unpaired) electrons. The third-order valence-corrected chi connectivity index (χ3v) is 3.51. The van der Waals surface area contributed by atoms with E-state index >= 15 is 0 Å². The van der Waals surface area contributed by atoms with Gasteiger partial charge in [0.15, 0.2) is 0 Å². The minimum Gasteiger partial charge on any atom is -0.464 e. The molecule has 2 aromatic rings. The van der Waals surface area contributed by atoms with Crippen LogP contribution in [-0.2, 0) is 4.79 Å². The van der Waals surface area contributed by atoms with Crippen molar-refractivity contribution >= 4 is 17.2 Å². The molecular formula is C12H11NO2S. The molecule has 1 N–H and O–H groups in total.